The Hall–Kier alpha value is -0.240. The lowest BCUT2D eigenvalue weighted by atomic mass is 9.57. The number of methoxy groups -OCH3 is 1. The molecule has 7 atom stereocenters. The maximum Gasteiger partial charge on any atom is 0.0600 e. The number of likely N-dealkylation sites (N-methyl/N-ethyl adjacent to an activating group) is 1. The van der Waals surface area contributed by atoms with Crippen molar-refractivity contribution < 1.29 is 9.84 Å². The standard InChI is InChI=1S/C30H54N4O2/c1-33-27-17-23(36-2)10-11-24(27)28-29(33)26(19-35)32-20-30(28)12-15-34(16-13-30)18-21-6-8-22(9-7-21)25-5-3-4-14-31-25/h21-29,31-32,35H,3-20H2,1-2H3/t21?,22?,23?,24?,25?,26-,27?,28?,29?/m0/s1. The van der Waals surface area contributed by atoms with Crippen molar-refractivity contribution in [3.63, 3.8) is 0 Å². The fourth-order valence-corrected chi connectivity index (χ4v) is 10.2. The number of nitrogens with zero attached hydrogens (tertiary/aromatic N) is 2. The van der Waals surface area contributed by atoms with Crippen LogP contribution in [0.5, 0.6) is 0 Å². The molecule has 0 aromatic rings. The van der Waals surface area contributed by atoms with Gasteiger partial charge in [0, 0.05) is 44.4 Å². The molecule has 2 saturated carbocycles. The van der Waals surface area contributed by atoms with Crippen molar-refractivity contribution >= 4 is 0 Å². The lowest BCUT2D eigenvalue weighted by Crippen LogP contribution is -2.65. The van der Waals surface area contributed by atoms with Crippen LogP contribution in [0.3, 0.4) is 0 Å². The number of fused-ring (bicyclic) bond motifs is 4. The summed E-state index contributed by atoms with van der Waals surface area (Å²) in [5.41, 5.74) is 0.407. The highest BCUT2D eigenvalue weighted by Crippen LogP contribution is 2.56. The van der Waals surface area contributed by atoms with E-state index in [2.05, 4.69) is 27.5 Å². The molecule has 1 spiro atoms. The van der Waals surface area contributed by atoms with Crippen molar-refractivity contribution in [1.82, 2.24) is 20.4 Å². The highest BCUT2D eigenvalue weighted by molar-refractivity contribution is 5.15. The van der Waals surface area contributed by atoms with Gasteiger partial charge in [0.25, 0.3) is 0 Å². The van der Waals surface area contributed by atoms with E-state index in [0.717, 1.165) is 36.3 Å². The Kier molecular flexibility index (Phi) is 8.01. The van der Waals surface area contributed by atoms with Crippen LogP contribution in [0.1, 0.15) is 77.0 Å². The number of aliphatic hydroxyl groups is 1. The highest BCUT2D eigenvalue weighted by atomic mass is 16.5. The summed E-state index contributed by atoms with van der Waals surface area (Å²) in [5, 5.41) is 18.0. The first-order valence-corrected chi connectivity index (χ1v) is 15.7. The number of likely N-dealkylation sites (tertiary alicyclic amines) is 2. The first-order chi connectivity index (χ1) is 17.6. The van der Waals surface area contributed by atoms with Crippen LogP contribution in [0.2, 0.25) is 0 Å². The molecule has 0 bridgehead atoms. The summed E-state index contributed by atoms with van der Waals surface area (Å²) in [5.74, 6) is 3.36. The second kappa shape index (κ2) is 11.1. The fourth-order valence-electron chi connectivity index (χ4n) is 10.2. The number of hydrogen-bond acceptors (Lipinski definition) is 6. The third kappa shape index (κ3) is 4.81. The lowest BCUT2D eigenvalue weighted by Gasteiger charge is -2.55. The van der Waals surface area contributed by atoms with Gasteiger partial charge in [-0.3, -0.25) is 4.90 Å². The van der Waals surface area contributed by atoms with Crippen LogP contribution in [0.15, 0.2) is 0 Å². The average molecular weight is 503 g/mol. The molecule has 0 aromatic heterocycles. The Balaban J connectivity index is 1.06. The largest absolute Gasteiger partial charge is 0.395 e. The van der Waals surface area contributed by atoms with Gasteiger partial charge in [-0.1, -0.05) is 6.42 Å². The number of ether oxygens (including phenoxy) is 1. The zero-order valence-electron chi connectivity index (χ0n) is 23.2. The Labute approximate surface area is 220 Å². The Morgan fingerprint density at radius 2 is 1.78 bits per heavy atom. The molecular weight excluding hydrogens is 448 g/mol. The number of aliphatic hydroxyl groups excluding tert-OH is 1. The van der Waals surface area contributed by atoms with Crippen molar-refractivity contribution in [3.05, 3.63) is 0 Å². The summed E-state index contributed by atoms with van der Waals surface area (Å²) < 4.78 is 5.82. The van der Waals surface area contributed by atoms with Crippen molar-refractivity contribution in [2.24, 2.45) is 29.1 Å². The molecule has 0 aromatic carbocycles. The molecule has 3 N–H and O–H groups in total. The van der Waals surface area contributed by atoms with E-state index in [9.17, 15) is 5.11 Å². The number of piperidine rings is 3. The van der Waals surface area contributed by atoms with Crippen LogP contribution < -0.4 is 10.6 Å². The summed E-state index contributed by atoms with van der Waals surface area (Å²) >= 11 is 0. The van der Waals surface area contributed by atoms with E-state index in [1.54, 1.807) is 0 Å². The molecule has 4 saturated heterocycles. The first kappa shape index (κ1) is 26.0. The minimum absolute atomic E-state index is 0.226. The molecule has 6 heteroatoms. The van der Waals surface area contributed by atoms with Gasteiger partial charge in [-0.25, -0.2) is 0 Å². The quantitative estimate of drug-likeness (QED) is 0.537. The molecule has 6 unspecified atom stereocenters. The van der Waals surface area contributed by atoms with Gasteiger partial charge in [-0.05, 0) is 126 Å². The zero-order valence-corrected chi connectivity index (χ0v) is 23.2. The van der Waals surface area contributed by atoms with Gasteiger partial charge in [0.1, 0.15) is 0 Å². The molecular formula is C30H54N4O2. The smallest absolute Gasteiger partial charge is 0.0600 e. The van der Waals surface area contributed by atoms with E-state index >= 15 is 0 Å². The van der Waals surface area contributed by atoms with Gasteiger partial charge in [0.2, 0.25) is 0 Å². The first-order valence-electron chi connectivity index (χ1n) is 15.7. The fraction of sp³-hybridized carbons (Fsp3) is 1.00. The average Bonchev–Trinajstić information content (AvgIpc) is 3.24. The second-order valence-corrected chi connectivity index (χ2v) is 13.8. The molecule has 4 aliphatic heterocycles. The van der Waals surface area contributed by atoms with E-state index in [1.165, 1.54) is 103 Å². The summed E-state index contributed by atoms with van der Waals surface area (Å²) in [6.07, 6.45) is 16.8. The summed E-state index contributed by atoms with van der Waals surface area (Å²) in [7, 11) is 4.24. The van der Waals surface area contributed by atoms with Crippen molar-refractivity contribution in [2.75, 3.05) is 53.5 Å². The summed E-state index contributed by atoms with van der Waals surface area (Å²) in [6.45, 7) is 6.52. The second-order valence-electron chi connectivity index (χ2n) is 13.8. The van der Waals surface area contributed by atoms with Crippen LogP contribution in [-0.2, 0) is 4.74 Å². The minimum atomic E-state index is 0.226. The number of rotatable bonds is 5. The topological polar surface area (TPSA) is 60.0 Å². The van der Waals surface area contributed by atoms with Gasteiger partial charge >= 0.3 is 0 Å². The Bertz CT molecular complexity index is 714. The van der Waals surface area contributed by atoms with Crippen LogP contribution in [-0.4, -0.2) is 98.7 Å². The molecule has 4 heterocycles. The van der Waals surface area contributed by atoms with Crippen LogP contribution in [0.25, 0.3) is 0 Å². The molecule has 6 rings (SSSR count). The molecule has 6 aliphatic rings. The van der Waals surface area contributed by atoms with E-state index in [0.29, 0.717) is 23.6 Å². The summed E-state index contributed by atoms with van der Waals surface area (Å²) in [4.78, 5) is 5.50. The minimum Gasteiger partial charge on any atom is -0.395 e. The predicted octanol–water partition coefficient (Wildman–Crippen LogP) is 3.10. The zero-order chi connectivity index (χ0) is 24.7. The van der Waals surface area contributed by atoms with Crippen molar-refractivity contribution in [3.8, 4) is 0 Å². The number of nitrogens with one attached hydrogen (secondary N) is 2. The van der Waals surface area contributed by atoms with Crippen LogP contribution in [0, 0.1) is 29.1 Å². The molecule has 206 valence electrons. The van der Waals surface area contributed by atoms with Crippen LogP contribution >= 0.6 is 0 Å². The van der Waals surface area contributed by atoms with E-state index in [4.69, 9.17) is 4.74 Å². The molecule has 36 heavy (non-hydrogen) atoms. The molecule has 2 aliphatic carbocycles. The third-order valence-corrected chi connectivity index (χ3v) is 12.2. The molecule has 0 amide bonds. The Morgan fingerprint density at radius 1 is 0.972 bits per heavy atom. The van der Waals surface area contributed by atoms with E-state index in [1.807, 2.05) is 7.11 Å². The number of hydrogen-bond donors (Lipinski definition) is 3. The Morgan fingerprint density at radius 3 is 2.47 bits per heavy atom. The lowest BCUT2D eigenvalue weighted by molar-refractivity contribution is -0.0386. The normalized spacial score (nSPS) is 45.9. The van der Waals surface area contributed by atoms with Gasteiger partial charge in [0.15, 0.2) is 0 Å². The molecule has 6 fully saturated rings. The van der Waals surface area contributed by atoms with Gasteiger partial charge < -0.3 is 25.4 Å². The van der Waals surface area contributed by atoms with Crippen molar-refractivity contribution in [2.45, 2.75) is 107 Å². The maximum absolute atomic E-state index is 10.3. The predicted molar refractivity (Wildman–Crippen MR) is 145 cm³/mol. The van der Waals surface area contributed by atoms with Crippen molar-refractivity contribution in [1.29, 1.82) is 0 Å². The van der Waals surface area contributed by atoms with Gasteiger partial charge in [-0.15, -0.1) is 0 Å². The maximum atomic E-state index is 10.3. The van der Waals surface area contributed by atoms with Crippen LogP contribution in [0.4, 0.5) is 0 Å². The van der Waals surface area contributed by atoms with E-state index in [-0.39, 0.29) is 12.6 Å². The molecule has 0 radical (unpaired) electrons. The van der Waals surface area contributed by atoms with E-state index < -0.39 is 0 Å². The SMILES string of the molecule is COC1CCC2C(C1)N(C)C1C2C2(CCN(CC3CCC(C4CCCCN4)CC3)CC2)CN[C@H]1CO. The van der Waals surface area contributed by atoms with Gasteiger partial charge in [-0.2, -0.15) is 0 Å². The summed E-state index contributed by atoms with van der Waals surface area (Å²) in [6, 6.07) is 2.14. The monoisotopic (exact) mass is 502 g/mol. The third-order valence-electron chi connectivity index (χ3n) is 12.2. The van der Waals surface area contributed by atoms with Gasteiger partial charge in [0.05, 0.1) is 12.7 Å². The highest BCUT2D eigenvalue weighted by Gasteiger charge is 2.61. The molecule has 6 nitrogen and oxygen atoms in total.